The van der Waals surface area contributed by atoms with Gasteiger partial charge in [0.15, 0.2) is 0 Å². The van der Waals surface area contributed by atoms with Gasteiger partial charge < -0.3 is 9.84 Å². The Hall–Kier alpha value is -1.85. The lowest BCUT2D eigenvalue weighted by Crippen LogP contribution is -2.32. The van der Waals surface area contributed by atoms with E-state index < -0.39 is 6.10 Å². The summed E-state index contributed by atoms with van der Waals surface area (Å²) in [4.78, 5) is 2.07. The summed E-state index contributed by atoms with van der Waals surface area (Å²) in [5, 5.41) is 14.4. The second kappa shape index (κ2) is 7.62. The van der Waals surface area contributed by atoms with E-state index >= 15 is 0 Å². The zero-order chi connectivity index (χ0) is 17.0. The largest absolute Gasteiger partial charge is 0.490 e. The Morgan fingerprint density at radius 1 is 1.26 bits per heavy atom. The van der Waals surface area contributed by atoms with Gasteiger partial charge in [-0.1, -0.05) is 12.1 Å². The summed E-state index contributed by atoms with van der Waals surface area (Å²) in [6.07, 6.45) is 3.30. The monoisotopic (exact) mass is 317 g/mol. The fourth-order valence-corrected chi connectivity index (χ4v) is 2.67. The van der Waals surface area contributed by atoms with Crippen LogP contribution < -0.4 is 4.74 Å². The molecule has 0 aliphatic rings. The van der Waals surface area contributed by atoms with Gasteiger partial charge in [0.2, 0.25) is 0 Å². The summed E-state index contributed by atoms with van der Waals surface area (Å²) in [5.41, 5.74) is 4.58. The Labute approximate surface area is 138 Å². The Balaban J connectivity index is 1.85. The third-order valence-corrected chi connectivity index (χ3v) is 4.03. The number of hydrogen-bond donors (Lipinski definition) is 1. The SMILES string of the molecule is Cc1ccc(C)c(OCC(O)CN(C)Cc2cnn(C)c2)c1C. The second-order valence-electron chi connectivity index (χ2n) is 6.34. The Bertz CT molecular complexity index is 652. The average molecular weight is 317 g/mol. The maximum atomic E-state index is 10.2. The van der Waals surface area contributed by atoms with Crippen LogP contribution in [0.2, 0.25) is 0 Å². The number of nitrogens with zero attached hydrogens (tertiary/aromatic N) is 3. The van der Waals surface area contributed by atoms with Crippen molar-refractivity contribution in [3.8, 4) is 5.75 Å². The number of ether oxygens (including phenoxy) is 1. The van der Waals surface area contributed by atoms with Gasteiger partial charge in [-0.05, 0) is 44.5 Å². The minimum absolute atomic E-state index is 0.294. The molecule has 2 aromatic rings. The van der Waals surface area contributed by atoms with E-state index in [1.165, 1.54) is 5.56 Å². The van der Waals surface area contributed by atoms with Gasteiger partial charge in [0.25, 0.3) is 0 Å². The number of aryl methyl sites for hydroxylation is 3. The molecule has 1 atom stereocenters. The average Bonchev–Trinajstić information content (AvgIpc) is 2.88. The topological polar surface area (TPSA) is 50.5 Å². The molecule has 2 rings (SSSR count). The van der Waals surface area contributed by atoms with Crippen LogP contribution in [0.4, 0.5) is 0 Å². The van der Waals surface area contributed by atoms with Crippen LogP contribution in [0.25, 0.3) is 0 Å². The van der Waals surface area contributed by atoms with Crippen molar-refractivity contribution in [1.82, 2.24) is 14.7 Å². The second-order valence-corrected chi connectivity index (χ2v) is 6.34. The van der Waals surface area contributed by atoms with E-state index in [4.69, 9.17) is 4.74 Å². The minimum atomic E-state index is -0.531. The number of likely N-dealkylation sites (N-methyl/N-ethyl adjacent to an activating group) is 1. The van der Waals surface area contributed by atoms with Gasteiger partial charge in [-0.3, -0.25) is 9.58 Å². The molecule has 0 aliphatic heterocycles. The molecule has 1 aromatic carbocycles. The highest BCUT2D eigenvalue weighted by Gasteiger charge is 2.13. The molecule has 0 saturated carbocycles. The van der Waals surface area contributed by atoms with Gasteiger partial charge in [-0.25, -0.2) is 0 Å². The fraction of sp³-hybridized carbons (Fsp3) is 0.500. The van der Waals surface area contributed by atoms with Crippen molar-refractivity contribution in [2.75, 3.05) is 20.2 Å². The predicted octanol–water partition coefficient (Wildman–Crippen LogP) is 2.22. The van der Waals surface area contributed by atoms with Crippen molar-refractivity contribution in [1.29, 1.82) is 0 Å². The van der Waals surface area contributed by atoms with Crippen LogP contribution in [-0.4, -0.2) is 46.1 Å². The minimum Gasteiger partial charge on any atom is -0.490 e. The molecule has 0 fully saturated rings. The van der Waals surface area contributed by atoms with E-state index in [2.05, 4.69) is 36.0 Å². The van der Waals surface area contributed by atoms with E-state index in [1.807, 2.05) is 33.4 Å². The molecule has 1 unspecified atom stereocenters. The lowest BCUT2D eigenvalue weighted by molar-refractivity contribution is 0.0738. The van der Waals surface area contributed by atoms with Crippen molar-refractivity contribution >= 4 is 0 Å². The molecular formula is C18H27N3O2. The lowest BCUT2D eigenvalue weighted by Gasteiger charge is -2.21. The van der Waals surface area contributed by atoms with Crippen molar-refractivity contribution in [3.05, 3.63) is 46.8 Å². The van der Waals surface area contributed by atoms with Gasteiger partial charge in [-0.2, -0.15) is 5.10 Å². The first-order valence-corrected chi connectivity index (χ1v) is 7.90. The summed E-state index contributed by atoms with van der Waals surface area (Å²) in [6, 6.07) is 4.15. The van der Waals surface area contributed by atoms with Crippen LogP contribution in [-0.2, 0) is 13.6 Å². The molecule has 1 N–H and O–H groups in total. The summed E-state index contributed by atoms with van der Waals surface area (Å²) < 4.78 is 7.66. The summed E-state index contributed by atoms with van der Waals surface area (Å²) >= 11 is 0. The number of rotatable bonds is 7. The van der Waals surface area contributed by atoms with Crippen LogP contribution >= 0.6 is 0 Å². The number of hydrogen-bond acceptors (Lipinski definition) is 4. The molecule has 0 bridgehead atoms. The summed E-state index contributed by atoms with van der Waals surface area (Å²) in [7, 11) is 3.89. The van der Waals surface area contributed by atoms with Crippen LogP contribution in [0.5, 0.6) is 5.75 Å². The van der Waals surface area contributed by atoms with Crippen LogP contribution in [0.15, 0.2) is 24.5 Å². The summed E-state index contributed by atoms with van der Waals surface area (Å²) in [6.45, 7) is 7.76. The third-order valence-electron chi connectivity index (χ3n) is 4.03. The van der Waals surface area contributed by atoms with Crippen LogP contribution in [0.1, 0.15) is 22.3 Å². The first-order chi connectivity index (χ1) is 10.9. The maximum Gasteiger partial charge on any atom is 0.125 e. The Morgan fingerprint density at radius 2 is 1.96 bits per heavy atom. The van der Waals surface area contributed by atoms with Gasteiger partial charge in [0, 0.05) is 31.9 Å². The number of aliphatic hydroxyl groups is 1. The fourth-order valence-electron chi connectivity index (χ4n) is 2.67. The van der Waals surface area contributed by atoms with Crippen LogP contribution in [0, 0.1) is 20.8 Å². The molecule has 0 amide bonds. The zero-order valence-corrected chi connectivity index (χ0v) is 14.7. The lowest BCUT2D eigenvalue weighted by atomic mass is 10.1. The predicted molar refractivity (Wildman–Crippen MR) is 91.7 cm³/mol. The molecule has 126 valence electrons. The normalized spacial score (nSPS) is 12.7. The molecule has 1 aromatic heterocycles. The smallest absolute Gasteiger partial charge is 0.125 e. The zero-order valence-electron chi connectivity index (χ0n) is 14.7. The van der Waals surface area contributed by atoms with Crippen molar-refractivity contribution in [3.63, 3.8) is 0 Å². The number of aliphatic hydroxyl groups excluding tert-OH is 1. The number of aromatic nitrogens is 2. The molecule has 0 saturated heterocycles. The summed E-state index contributed by atoms with van der Waals surface area (Å²) in [5.74, 6) is 0.888. The molecular weight excluding hydrogens is 290 g/mol. The van der Waals surface area contributed by atoms with Gasteiger partial charge in [0.05, 0.1) is 6.20 Å². The highest BCUT2D eigenvalue weighted by atomic mass is 16.5. The molecule has 5 nitrogen and oxygen atoms in total. The van der Waals surface area contributed by atoms with Crippen molar-refractivity contribution in [2.24, 2.45) is 7.05 Å². The quantitative estimate of drug-likeness (QED) is 0.851. The van der Waals surface area contributed by atoms with Gasteiger partial charge in [-0.15, -0.1) is 0 Å². The van der Waals surface area contributed by atoms with Crippen molar-refractivity contribution in [2.45, 2.75) is 33.4 Å². The molecule has 0 aliphatic carbocycles. The highest BCUT2D eigenvalue weighted by molar-refractivity contribution is 5.44. The molecule has 5 heteroatoms. The third kappa shape index (κ3) is 4.81. The Morgan fingerprint density at radius 3 is 2.61 bits per heavy atom. The maximum absolute atomic E-state index is 10.2. The van der Waals surface area contributed by atoms with Gasteiger partial charge in [0.1, 0.15) is 18.5 Å². The van der Waals surface area contributed by atoms with Crippen molar-refractivity contribution < 1.29 is 9.84 Å². The molecule has 23 heavy (non-hydrogen) atoms. The highest BCUT2D eigenvalue weighted by Crippen LogP contribution is 2.25. The van der Waals surface area contributed by atoms with E-state index in [0.29, 0.717) is 13.2 Å². The standard InChI is InChI=1S/C18H27N3O2/c1-13-6-7-14(2)18(15(13)3)23-12-17(22)11-20(4)9-16-8-19-21(5)10-16/h6-8,10,17,22H,9,11-12H2,1-5H3. The molecule has 0 spiro atoms. The van der Waals surface area contributed by atoms with Crippen LogP contribution in [0.3, 0.4) is 0 Å². The Kier molecular flexibility index (Phi) is 5.80. The van der Waals surface area contributed by atoms with E-state index in [1.54, 1.807) is 4.68 Å². The van der Waals surface area contributed by atoms with E-state index in [9.17, 15) is 5.11 Å². The number of benzene rings is 1. The molecule has 0 radical (unpaired) electrons. The van der Waals surface area contributed by atoms with E-state index in [0.717, 1.165) is 29.0 Å². The molecule has 1 heterocycles. The first-order valence-electron chi connectivity index (χ1n) is 7.90. The van der Waals surface area contributed by atoms with E-state index in [-0.39, 0.29) is 0 Å². The first kappa shape index (κ1) is 17.5. The van der Waals surface area contributed by atoms with Gasteiger partial charge >= 0.3 is 0 Å².